The molecule has 7 heteroatoms. The fourth-order valence-corrected chi connectivity index (χ4v) is 4.75. The van der Waals surface area contributed by atoms with Crippen LogP contribution in [0, 0.1) is 5.92 Å². The number of carbonyl (C=O) groups excluding carboxylic acids is 1. The average Bonchev–Trinajstić information content (AvgIpc) is 2.63. The monoisotopic (exact) mass is 291 g/mol. The SMILES string of the molecule is CCOC(=O)[C@@H]1CCCN([C@@H]2CS(=O)(=O)C[C@H]2O)C1. The minimum atomic E-state index is -3.15. The second-order valence-corrected chi connectivity index (χ2v) is 7.45. The zero-order chi connectivity index (χ0) is 14.0. The molecule has 110 valence electrons. The molecule has 0 unspecified atom stereocenters. The number of rotatable bonds is 3. The Morgan fingerprint density at radius 3 is 2.74 bits per heavy atom. The van der Waals surface area contributed by atoms with Gasteiger partial charge < -0.3 is 9.84 Å². The molecule has 1 N–H and O–H groups in total. The molecule has 0 amide bonds. The molecule has 0 aliphatic carbocycles. The van der Waals surface area contributed by atoms with E-state index < -0.39 is 15.9 Å². The number of ether oxygens (including phenoxy) is 1. The van der Waals surface area contributed by atoms with Crippen molar-refractivity contribution < 1.29 is 23.1 Å². The van der Waals surface area contributed by atoms with Gasteiger partial charge in [-0.25, -0.2) is 8.42 Å². The van der Waals surface area contributed by atoms with Crippen molar-refractivity contribution in [1.29, 1.82) is 0 Å². The number of aliphatic hydroxyl groups is 1. The van der Waals surface area contributed by atoms with Crippen LogP contribution in [0.4, 0.5) is 0 Å². The summed E-state index contributed by atoms with van der Waals surface area (Å²) in [5, 5.41) is 9.87. The molecule has 0 aromatic heterocycles. The molecule has 2 saturated heterocycles. The summed E-state index contributed by atoms with van der Waals surface area (Å²) in [6.45, 7) is 3.34. The number of likely N-dealkylation sites (tertiary alicyclic amines) is 1. The van der Waals surface area contributed by atoms with Crippen LogP contribution in [0.5, 0.6) is 0 Å². The lowest BCUT2D eigenvalue weighted by atomic mass is 9.96. The van der Waals surface area contributed by atoms with Gasteiger partial charge in [0.05, 0.1) is 36.2 Å². The Kier molecular flexibility index (Phi) is 4.47. The van der Waals surface area contributed by atoms with Crippen molar-refractivity contribution in [2.45, 2.75) is 31.9 Å². The summed E-state index contributed by atoms with van der Waals surface area (Å²) in [5.74, 6) is -0.603. The Morgan fingerprint density at radius 2 is 2.16 bits per heavy atom. The van der Waals surface area contributed by atoms with Crippen LogP contribution < -0.4 is 0 Å². The Bertz CT molecular complexity index is 435. The van der Waals surface area contributed by atoms with Gasteiger partial charge in [-0.15, -0.1) is 0 Å². The molecule has 0 spiro atoms. The second-order valence-electron chi connectivity index (χ2n) is 5.30. The summed E-state index contributed by atoms with van der Waals surface area (Å²) in [4.78, 5) is 13.7. The highest BCUT2D eigenvalue weighted by Crippen LogP contribution is 2.25. The predicted molar refractivity (Wildman–Crippen MR) is 69.4 cm³/mol. The maximum atomic E-state index is 11.7. The summed E-state index contributed by atoms with van der Waals surface area (Å²) in [7, 11) is -3.15. The molecule has 0 aromatic carbocycles. The smallest absolute Gasteiger partial charge is 0.310 e. The summed E-state index contributed by atoms with van der Waals surface area (Å²) < 4.78 is 28.1. The molecular weight excluding hydrogens is 270 g/mol. The molecule has 2 heterocycles. The van der Waals surface area contributed by atoms with E-state index >= 15 is 0 Å². The molecule has 2 fully saturated rings. The van der Waals surface area contributed by atoms with Gasteiger partial charge in [-0.3, -0.25) is 9.69 Å². The summed E-state index contributed by atoms with van der Waals surface area (Å²) in [6, 6.07) is -0.373. The molecule has 2 aliphatic rings. The number of esters is 1. The van der Waals surface area contributed by atoms with E-state index in [1.165, 1.54) is 0 Å². The highest BCUT2D eigenvalue weighted by molar-refractivity contribution is 7.91. The molecule has 0 bridgehead atoms. The van der Waals surface area contributed by atoms with E-state index in [-0.39, 0.29) is 29.4 Å². The first-order chi connectivity index (χ1) is 8.93. The van der Waals surface area contributed by atoms with Gasteiger partial charge in [-0.05, 0) is 26.3 Å². The van der Waals surface area contributed by atoms with Gasteiger partial charge >= 0.3 is 5.97 Å². The third kappa shape index (κ3) is 3.46. The van der Waals surface area contributed by atoms with Gasteiger partial charge in [0, 0.05) is 6.54 Å². The van der Waals surface area contributed by atoms with Crippen LogP contribution in [-0.4, -0.2) is 67.7 Å². The van der Waals surface area contributed by atoms with Crippen LogP contribution in [0.25, 0.3) is 0 Å². The van der Waals surface area contributed by atoms with Crippen LogP contribution in [-0.2, 0) is 19.4 Å². The summed E-state index contributed by atoms with van der Waals surface area (Å²) in [5.41, 5.74) is 0. The highest BCUT2D eigenvalue weighted by Gasteiger charge is 2.42. The first-order valence-electron chi connectivity index (χ1n) is 6.72. The van der Waals surface area contributed by atoms with Crippen LogP contribution in [0.15, 0.2) is 0 Å². The molecule has 0 radical (unpaired) electrons. The molecule has 0 saturated carbocycles. The molecule has 3 atom stereocenters. The molecule has 19 heavy (non-hydrogen) atoms. The maximum Gasteiger partial charge on any atom is 0.310 e. The van der Waals surface area contributed by atoms with Crippen molar-refractivity contribution in [1.82, 2.24) is 4.90 Å². The van der Waals surface area contributed by atoms with Gasteiger partial charge in [-0.2, -0.15) is 0 Å². The topological polar surface area (TPSA) is 83.9 Å². The first kappa shape index (κ1) is 14.7. The largest absolute Gasteiger partial charge is 0.466 e. The minimum absolute atomic E-state index is 0.0102. The highest BCUT2D eigenvalue weighted by atomic mass is 32.2. The van der Waals surface area contributed by atoms with Gasteiger partial charge in [0.1, 0.15) is 0 Å². The van der Waals surface area contributed by atoms with E-state index in [2.05, 4.69) is 0 Å². The standard InChI is InChI=1S/C12H21NO5S/c1-2-18-12(15)9-4-3-5-13(6-9)10-7-19(16,17)8-11(10)14/h9-11,14H,2-8H2,1H3/t9-,10-,11-/m1/s1. The van der Waals surface area contributed by atoms with Crippen molar-refractivity contribution in [2.24, 2.45) is 5.92 Å². The van der Waals surface area contributed by atoms with E-state index in [1.807, 2.05) is 4.90 Å². The fourth-order valence-electron chi connectivity index (χ4n) is 2.92. The number of hydrogen-bond acceptors (Lipinski definition) is 6. The van der Waals surface area contributed by atoms with Crippen LogP contribution in [0.1, 0.15) is 19.8 Å². The Balaban J connectivity index is 2.00. The number of aliphatic hydroxyl groups excluding tert-OH is 1. The molecule has 2 aliphatic heterocycles. The number of carbonyl (C=O) groups is 1. The molecule has 0 aromatic rings. The van der Waals surface area contributed by atoms with E-state index in [0.29, 0.717) is 13.2 Å². The number of sulfone groups is 1. The zero-order valence-corrected chi connectivity index (χ0v) is 11.9. The van der Waals surface area contributed by atoms with Gasteiger partial charge in [0.15, 0.2) is 9.84 Å². The number of hydrogen-bond donors (Lipinski definition) is 1. The van der Waals surface area contributed by atoms with Crippen molar-refractivity contribution in [3.05, 3.63) is 0 Å². The molecular formula is C12H21NO5S. The lowest BCUT2D eigenvalue weighted by Gasteiger charge is -2.36. The van der Waals surface area contributed by atoms with Crippen molar-refractivity contribution in [3.63, 3.8) is 0 Å². The summed E-state index contributed by atoms with van der Waals surface area (Å²) in [6.07, 6.45) is 0.753. The number of piperidine rings is 1. The van der Waals surface area contributed by atoms with Crippen molar-refractivity contribution in [2.75, 3.05) is 31.2 Å². The van der Waals surface area contributed by atoms with Crippen LogP contribution >= 0.6 is 0 Å². The van der Waals surface area contributed by atoms with Gasteiger partial charge in [0.2, 0.25) is 0 Å². The molecule has 2 rings (SSSR count). The van der Waals surface area contributed by atoms with E-state index in [0.717, 1.165) is 19.4 Å². The van der Waals surface area contributed by atoms with E-state index in [4.69, 9.17) is 4.74 Å². The predicted octanol–water partition coefficient (Wildman–Crippen LogP) is -0.581. The normalized spacial score (nSPS) is 35.2. The second kappa shape index (κ2) is 5.76. The molecule has 6 nitrogen and oxygen atoms in total. The Labute approximate surface area is 113 Å². The minimum Gasteiger partial charge on any atom is -0.466 e. The third-order valence-electron chi connectivity index (χ3n) is 3.84. The number of nitrogens with zero attached hydrogens (tertiary/aromatic N) is 1. The van der Waals surface area contributed by atoms with Crippen molar-refractivity contribution >= 4 is 15.8 Å². The lowest BCUT2D eigenvalue weighted by Crippen LogP contribution is -2.49. The van der Waals surface area contributed by atoms with E-state index in [1.54, 1.807) is 6.92 Å². The van der Waals surface area contributed by atoms with Crippen molar-refractivity contribution in [3.8, 4) is 0 Å². The van der Waals surface area contributed by atoms with Gasteiger partial charge in [0.25, 0.3) is 0 Å². The maximum absolute atomic E-state index is 11.7. The van der Waals surface area contributed by atoms with Crippen LogP contribution in [0.2, 0.25) is 0 Å². The quantitative estimate of drug-likeness (QED) is 0.700. The van der Waals surface area contributed by atoms with E-state index in [9.17, 15) is 18.3 Å². The van der Waals surface area contributed by atoms with Gasteiger partial charge in [-0.1, -0.05) is 0 Å². The zero-order valence-electron chi connectivity index (χ0n) is 11.1. The first-order valence-corrected chi connectivity index (χ1v) is 8.54. The lowest BCUT2D eigenvalue weighted by molar-refractivity contribution is -0.150. The van der Waals surface area contributed by atoms with Crippen LogP contribution in [0.3, 0.4) is 0 Å². The Morgan fingerprint density at radius 1 is 1.42 bits per heavy atom. The summed E-state index contributed by atoms with van der Waals surface area (Å²) >= 11 is 0. The average molecular weight is 291 g/mol. The fraction of sp³-hybridized carbons (Fsp3) is 0.917. The third-order valence-corrected chi connectivity index (χ3v) is 5.53. The Hall–Kier alpha value is -0.660.